The second-order valence-corrected chi connectivity index (χ2v) is 4.63. The normalized spacial score (nSPS) is 10.5. The fourth-order valence-corrected chi connectivity index (χ4v) is 1.22. The molecule has 0 saturated heterocycles. The van der Waals surface area contributed by atoms with E-state index in [1.165, 1.54) is 0 Å². The number of carbonyl (C=O) groups is 1. The summed E-state index contributed by atoms with van der Waals surface area (Å²) < 4.78 is 13.1. The summed E-state index contributed by atoms with van der Waals surface area (Å²) in [5, 5.41) is 13.0. The molecule has 0 spiro atoms. The van der Waals surface area contributed by atoms with Crippen LogP contribution in [0.15, 0.2) is 18.2 Å². The van der Waals surface area contributed by atoms with Crippen molar-refractivity contribution >= 4 is 24.0 Å². The molecule has 19 heavy (non-hydrogen) atoms. The first-order chi connectivity index (χ1) is 8.19. The molecule has 0 saturated carbocycles. The lowest BCUT2D eigenvalue weighted by Crippen LogP contribution is -2.45. The van der Waals surface area contributed by atoms with Crippen LogP contribution in [0, 0.1) is 15.9 Å². The number of non-ortho nitro benzene ring substituents is 1. The summed E-state index contributed by atoms with van der Waals surface area (Å²) in [5.41, 5.74) is 4.49. The molecule has 106 valence electrons. The van der Waals surface area contributed by atoms with E-state index in [1.54, 1.807) is 13.8 Å². The molecule has 1 aromatic rings. The third-order valence-electron chi connectivity index (χ3n) is 2.06. The second-order valence-electron chi connectivity index (χ2n) is 4.63. The monoisotopic (exact) mass is 291 g/mol. The molecule has 0 unspecified atom stereocenters. The Balaban J connectivity index is 0.00000324. The lowest BCUT2D eigenvalue weighted by Gasteiger charge is -2.18. The topological polar surface area (TPSA) is 98.3 Å². The van der Waals surface area contributed by atoms with E-state index in [1.807, 2.05) is 0 Å². The van der Waals surface area contributed by atoms with Crippen LogP contribution in [0.5, 0.6) is 0 Å². The van der Waals surface area contributed by atoms with E-state index in [-0.39, 0.29) is 24.5 Å². The van der Waals surface area contributed by atoms with Gasteiger partial charge in [-0.1, -0.05) is 0 Å². The van der Waals surface area contributed by atoms with Gasteiger partial charge in [-0.05, 0) is 19.9 Å². The molecule has 8 heteroatoms. The van der Waals surface area contributed by atoms with Crippen molar-refractivity contribution in [2.45, 2.75) is 19.4 Å². The summed E-state index contributed by atoms with van der Waals surface area (Å²) in [5.74, 6) is -1.43. The lowest BCUT2D eigenvalue weighted by molar-refractivity contribution is -0.385. The Morgan fingerprint density at radius 3 is 2.53 bits per heavy atom. The van der Waals surface area contributed by atoms with Crippen LogP contribution in [-0.2, 0) is 0 Å². The minimum atomic E-state index is -0.832. The molecule has 0 aliphatic carbocycles. The smallest absolute Gasteiger partial charge is 0.273 e. The van der Waals surface area contributed by atoms with Crippen molar-refractivity contribution in [3.8, 4) is 0 Å². The number of carbonyl (C=O) groups excluding carboxylic acids is 1. The SMILES string of the molecule is CC(C)(N)CNC(=O)c1cc(F)cc([N+](=O)[O-])c1.Cl. The highest BCUT2D eigenvalue weighted by Crippen LogP contribution is 2.16. The molecule has 1 amide bonds. The molecule has 1 rings (SSSR count). The lowest BCUT2D eigenvalue weighted by atomic mass is 10.1. The third-order valence-corrected chi connectivity index (χ3v) is 2.06. The molecule has 0 fully saturated rings. The van der Waals surface area contributed by atoms with E-state index in [2.05, 4.69) is 5.32 Å². The first-order valence-corrected chi connectivity index (χ1v) is 5.21. The van der Waals surface area contributed by atoms with Gasteiger partial charge < -0.3 is 11.1 Å². The summed E-state index contributed by atoms with van der Waals surface area (Å²) in [6.45, 7) is 3.60. The molecule has 0 aromatic heterocycles. The van der Waals surface area contributed by atoms with Crippen LogP contribution in [0.4, 0.5) is 10.1 Å². The average molecular weight is 292 g/mol. The van der Waals surface area contributed by atoms with Crippen molar-refractivity contribution in [3.05, 3.63) is 39.7 Å². The number of halogens is 2. The predicted molar refractivity (Wildman–Crippen MR) is 70.9 cm³/mol. The second kappa shape index (κ2) is 6.44. The van der Waals surface area contributed by atoms with E-state index < -0.39 is 27.9 Å². The molecule has 1 aromatic carbocycles. The van der Waals surface area contributed by atoms with Gasteiger partial charge in [0, 0.05) is 23.7 Å². The highest BCUT2D eigenvalue weighted by atomic mass is 35.5. The number of rotatable bonds is 4. The zero-order chi connectivity index (χ0) is 13.9. The number of nitro benzene ring substituents is 1. The fraction of sp³-hybridized carbons (Fsp3) is 0.364. The minimum absolute atomic E-state index is 0. The number of nitro groups is 1. The van der Waals surface area contributed by atoms with Crippen molar-refractivity contribution in [2.75, 3.05) is 6.54 Å². The highest BCUT2D eigenvalue weighted by molar-refractivity contribution is 5.94. The van der Waals surface area contributed by atoms with Gasteiger partial charge in [-0.2, -0.15) is 0 Å². The predicted octanol–water partition coefficient (Wildman–Crippen LogP) is 1.62. The van der Waals surface area contributed by atoms with Gasteiger partial charge in [0.25, 0.3) is 11.6 Å². The first-order valence-electron chi connectivity index (χ1n) is 5.21. The highest BCUT2D eigenvalue weighted by Gasteiger charge is 2.17. The number of benzene rings is 1. The zero-order valence-electron chi connectivity index (χ0n) is 10.5. The Morgan fingerprint density at radius 2 is 2.05 bits per heavy atom. The van der Waals surface area contributed by atoms with Gasteiger partial charge in [0.15, 0.2) is 0 Å². The van der Waals surface area contributed by atoms with Crippen LogP contribution >= 0.6 is 12.4 Å². The largest absolute Gasteiger partial charge is 0.350 e. The maximum Gasteiger partial charge on any atom is 0.273 e. The van der Waals surface area contributed by atoms with Crippen LogP contribution in [0.3, 0.4) is 0 Å². The molecular weight excluding hydrogens is 277 g/mol. The minimum Gasteiger partial charge on any atom is -0.350 e. The molecule has 0 bridgehead atoms. The number of hydrogen-bond donors (Lipinski definition) is 2. The quantitative estimate of drug-likeness (QED) is 0.650. The maximum absolute atomic E-state index is 13.1. The van der Waals surface area contributed by atoms with Crippen molar-refractivity contribution in [2.24, 2.45) is 5.73 Å². The van der Waals surface area contributed by atoms with Gasteiger partial charge in [0.1, 0.15) is 5.82 Å². The third kappa shape index (κ3) is 5.62. The van der Waals surface area contributed by atoms with Crippen molar-refractivity contribution in [1.29, 1.82) is 0 Å². The van der Waals surface area contributed by atoms with Crippen LogP contribution in [0.1, 0.15) is 24.2 Å². The number of nitrogens with zero attached hydrogens (tertiary/aromatic N) is 1. The molecule has 0 aliphatic heterocycles. The average Bonchev–Trinajstić information content (AvgIpc) is 2.23. The van der Waals surface area contributed by atoms with Crippen LogP contribution in [0.2, 0.25) is 0 Å². The number of nitrogens with two attached hydrogens (primary N) is 1. The van der Waals surface area contributed by atoms with Gasteiger partial charge in [0.2, 0.25) is 0 Å². The van der Waals surface area contributed by atoms with Gasteiger partial charge in [-0.25, -0.2) is 4.39 Å². The Kier molecular flexibility index (Phi) is 5.85. The summed E-state index contributed by atoms with van der Waals surface area (Å²) in [7, 11) is 0. The number of hydrogen-bond acceptors (Lipinski definition) is 4. The van der Waals surface area contributed by atoms with E-state index in [4.69, 9.17) is 5.73 Å². The Hall–Kier alpha value is -1.73. The standard InChI is InChI=1S/C11H14FN3O3.ClH/c1-11(2,13)6-14-10(16)7-3-8(12)5-9(4-7)15(17)18;/h3-5H,6,13H2,1-2H3,(H,14,16);1H. The molecule has 0 radical (unpaired) electrons. The first kappa shape index (κ1) is 17.3. The van der Waals surface area contributed by atoms with E-state index >= 15 is 0 Å². The summed E-state index contributed by atoms with van der Waals surface area (Å²) in [6, 6.07) is 2.71. The number of nitrogens with one attached hydrogen (secondary N) is 1. The van der Waals surface area contributed by atoms with E-state index in [0.29, 0.717) is 0 Å². The van der Waals surface area contributed by atoms with E-state index in [0.717, 1.165) is 18.2 Å². The molecule has 0 aliphatic rings. The molecule has 0 atom stereocenters. The van der Waals surface area contributed by atoms with E-state index in [9.17, 15) is 19.3 Å². The molecular formula is C11H15ClFN3O3. The number of amides is 1. The van der Waals surface area contributed by atoms with Gasteiger partial charge in [0.05, 0.1) is 11.0 Å². The van der Waals surface area contributed by atoms with Crippen LogP contribution < -0.4 is 11.1 Å². The molecule has 3 N–H and O–H groups in total. The van der Waals surface area contributed by atoms with Crippen molar-refractivity contribution in [1.82, 2.24) is 5.32 Å². The summed E-state index contributed by atoms with van der Waals surface area (Å²) >= 11 is 0. The summed E-state index contributed by atoms with van der Waals surface area (Å²) in [4.78, 5) is 21.4. The van der Waals surface area contributed by atoms with Gasteiger partial charge >= 0.3 is 0 Å². The Morgan fingerprint density at radius 1 is 1.47 bits per heavy atom. The van der Waals surface area contributed by atoms with Crippen LogP contribution in [-0.4, -0.2) is 22.9 Å². The fourth-order valence-electron chi connectivity index (χ4n) is 1.22. The van der Waals surface area contributed by atoms with Gasteiger partial charge in [-0.15, -0.1) is 12.4 Å². The van der Waals surface area contributed by atoms with Crippen LogP contribution in [0.25, 0.3) is 0 Å². The molecule has 6 nitrogen and oxygen atoms in total. The molecule has 0 heterocycles. The Labute approximate surface area is 115 Å². The summed E-state index contributed by atoms with van der Waals surface area (Å²) in [6.07, 6.45) is 0. The van der Waals surface area contributed by atoms with Gasteiger partial charge in [-0.3, -0.25) is 14.9 Å². The zero-order valence-corrected chi connectivity index (χ0v) is 11.3. The van der Waals surface area contributed by atoms with Crippen molar-refractivity contribution in [3.63, 3.8) is 0 Å². The Bertz CT molecular complexity index is 489. The van der Waals surface area contributed by atoms with Crippen molar-refractivity contribution < 1.29 is 14.1 Å². The maximum atomic E-state index is 13.1.